The molecule has 6 heteroatoms. The van der Waals surface area contributed by atoms with Gasteiger partial charge in [-0.15, -0.1) is 0 Å². The number of aromatic hydroxyl groups is 1. The van der Waals surface area contributed by atoms with Gasteiger partial charge < -0.3 is 15.1 Å². The Labute approximate surface area is 103 Å². The summed E-state index contributed by atoms with van der Waals surface area (Å²) in [6.45, 7) is 2.96. The van der Waals surface area contributed by atoms with Crippen molar-refractivity contribution < 1.29 is 24.2 Å². The number of halogens is 1. The maximum Gasteiger partial charge on any atom is 0.331 e. The fraction of sp³-hybridized carbons (Fsp3) is 0.333. The Morgan fingerprint density at radius 2 is 2.06 bits per heavy atom. The quantitative estimate of drug-likeness (QED) is 0.855. The number of carbonyl (C=O) groups excluding carboxylic acids is 1. The Morgan fingerprint density at radius 1 is 1.44 bits per heavy atom. The summed E-state index contributed by atoms with van der Waals surface area (Å²) in [5.41, 5.74) is -0.139. The molecular weight excluding hydrogens is 241 g/mol. The minimum atomic E-state index is -1.40. The fourth-order valence-corrected chi connectivity index (χ4v) is 1.77. The second-order valence-corrected chi connectivity index (χ2v) is 3.75. The molecule has 0 heterocycles. The van der Waals surface area contributed by atoms with E-state index in [0.29, 0.717) is 0 Å². The summed E-state index contributed by atoms with van der Waals surface area (Å²) < 4.78 is 13.1. The van der Waals surface area contributed by atoms with Gasteiger partial charge in [-0.3, -0.25) is 4.79 Å². The highest BCUT2D eigenvalue weighted by atomic mass is 19.1. The molecule has 0 aliphatic rings. The van der Waals surface area contributed by atoms with Gasteiger partial charge in [-0.25, -0.2) is 9.18 Å². The highest BCUT2D eigenvalue weighted by molar-refractivity contribution is 5.84. The number of rotatable bonds is 4. The highest BCUT2D eigenvalue weighted by Crippen LogP contribution is 2.29. The van der Waals surface area contributed by atoms with Crippen LogP contribution in [-0.2, 0) is 9.59 Å². The summed E-state index contributed by atoms with van der Waals surface area (Å²) in [6, 6.07) is 1.60. The number of benzene rings is 1. The van der Waals surface area contributed by atoms with Crippen molar-refractivity contribution in [1.82, 2.24) is 4.90 Å². The van der Waals surface area contributed by atoms with E-state index in [2.05, 4.69) is 0 Å². The van der Waals surface area contributed by atoms with Gasteiger partial charge in [-0.2, -0.15) is 0 Å². The molecule has 1 rings (SSSR count). The molecule has 0 saturated heterocycles. The van der Waals surface area contributed by atoms with Crippen molar-refractivity contribution in [1.29, 1.82) is 0 Å². The Morgan fingerprint density at radius 3 is 2.50 bits per heavy atom. The molecule has 1 amide bonds. The number of nitrogens with zero attached hydrogens (tertiary/aromatic N) is 1. The Balaban J connectivity index is 3.31. The third-order valence-corrected chi connectivity index (χ3v) is 2.57. The largest absolute Gasteiger partial charge is 0.508 e. The lowest BCUT2D eigenvalue weighted by molar-refractivity contribution is -0.149. The SMILES string of the molecule is CCN(C(C)=O)C(C(=O)O)c1cc(F)ccc1O. The first-order chi connectivity index (χ1) is 8.38. The van der Waals surface area contributed by atoms with E-state index in [1.807, 2.05) is 0 Å². The van der Waals surface area contributed by atoms with Gasteiger partial charge in [0.05, 0.1) is 0 Å². The molecule has 18 heavy (non-hydrogen) atoms. The summed E-state index contributed by atoms with van der Waals surface area (Å²) in [4.78, 5) is 23.7. The molecule has 0 saturated carbocycles. The van der Waals surface area contributed by atoms with Gasteiger partial charge >= 0.3 is 5.97 Å². The third-order valence-electron chi connectivity index (χ3n) is 2.57. The van der Waals surface area contributed by atoms with Crippen molar-refractivity contribution in [3.05, 3.63) is 29.6 Å². The predicted molar refractivity (Wildman–Crippen MR) is 61.5 cm³/mol. The Bertz CT molecular complexity index is 475. The zero-order valence-electron chi connectivity index (χ0n) is 10.1. The van der Waals surface area contributed by atoms with Gasteiger partial charge in [0, 0.05) is 19.0 Å². The van der Waals surface area contributed by atoms with Crippen LogP contribution in [0.1, 0.15) is 25.5 Å². The zero-order valence-corrected chi connectivity index (χ0v) is 10.1. The smallest absolute Gasteiger partial charge is 0.331 e. The van der Waals surface area contributed by atoms with Gasteiger partial charge in [-0.05, 0) is 25.1 Å². The van der Waals surface area contributed by atoms with E-state index in [4.69, 9.17) is 5.11 Å². The Hall–Kier alpha value is -2.11. The van der Waals surface area contributed by atoms with E-state index in [0.717, 1.165) is 23.1 Å². The summed E-state index contributed by atoms with van der Waals surface area (Å²) in [6.07, 6.45) is 0. The van der Waals surface area contributed by atoms with Crippen LogP contribution in [0.4, 0.5) is 4.39 Å². The molecule has 0 aliphatic heterocycles. The molecule has 5 nitrogen and oxygen atoms in total. The van der Waals surface area contributed by atoms with Gasteiger partial charge in [0.1, 0.15) is 11.6 Å². The van der Waals surface area contributed by atoms with E-state index in [1.54, 1.807) is 6.92 Å². The molecular formula is C12H14FNO4. The van der Waals surface area contributed by atoms with E-state index < -0.39 is 23.7 Å². The number of phenols is 1. The summed E-state index contributed by atoms with van der Waals surface area (Å²) in [5, 5.41) is 18.8. The van der Waals surface area contributed by atoms with Crippen molar-refractivity contribution >= 4 is 11.9 Å². The lowest BCUT2D eigenvalue weighted by atomic mass is 10.0. The molecule has 98 valence electrons. The minimum Gasteiger partial charge on any atom is -0.508 e. The van der Waals surface area contributed by atoms with E-state index in [9.17, 15) is 19.1 Å². The summed E-state index contributed by atoms with van der Waals surface area (Å²) in [5.74, 6) is -2.82. The molecule has 2 N–H and O–H groups in total. The van der Waals surface area contributed by atoms with Gasteiger partial charge in [0.2, 0.25) is 5.91 Å². The highest BCUT2D eigenvalue weighted by Gasteiger charge is 2.30. The van der Waals surface area contributed by atoms with Crippen LogP contribution in [0.2, 0.25) is 0 Å². The second kappa shape index (κ2) is 5.48. The topological polar surface area (TPSA) is 77.8 Å². The molecule has 0 spiro atoms. The average Bonchev–Trinajstić information content (AvgIpc) is 2.28. The molecule has 1 unspecified atom stereocenters. The maximum absolute atomic E-state index is 13.1. The number of carboxylic acid groups (broad SMARTS) is 1. The maximum atomic E-state index is 13.1. The first kappa shape index (κ1) is 14.0. The lowest BCUT2D eigenvalue weighted by Gasteiger charge is -2.27. The first-order valence-electron chi connectivity index (χ1n) is 5.36. The standard InChI is InChI=1S/C12H14FNO4/c1-3-14(7(2)15)11(12(17)18)9-6-8(13)4-5-10(9)16/h4-6,11,16H,3H2,1-2H3,(H,17,18). The molecule has 0 bridgehead atoms. The molecule has 1 aromatic carbocycles. The normalized spacial score (nSPS) is 11.9. The zero-order chi connectivity index (χ0) is 13.9. The van der Waals surface area contributed by atoms with E-state index in [-0.39, 0.29) is 17.9 Å². The predicted octanol–water partition coefficient (Wildman–Crippen LogP) is 1.53. The van der Waals surface area contributed by atoms with Crippen LogP contribution in [-0.4, -0.2) is 33.5 Å². The molecule has 1 aromatic rings. The number of carboxylic acids is 1. The summed E-state index contributed by atoms with van der Waals surface area (Å²) >= 11 is 0. The lowest BCUT2D eigenvalue weighted by Crippen LogP contribution is -2.37. The van der Waals surface area contributed by atoms with Crippen molar-refractivity contribution in [2.24, 2.45) is 0 Å². The number of hydrogen-bond acceptors (Lipinski definition) is 3. The monoisotopic (exact) mass is 255 g/mol. The van der Waals surface area contributed by atoms with Crippen LogP contribution in [0.25, 0.3) is 0 Å². The number of likely N-dealkylation sites (N-methyl/N-ethyl adjacent to an activating group) is 1. The van der Waals surface area contributed by atoms with Gasteiger partial charge in [-0.1, -0.05) is 0 Å². The number of aliphatic carboxylic acids is 1. The Kier molecular flexibility index (Phi) is 4.25. The number of amides is 1. The van der Waals surface area contributed by atoms with Crippen molar-refractivity contribution in [3.8, 4) is 5.75 Å². The fourth-order valence-electron chi connectivity index (χ4n) is 1.77. The summed E-state index contributed by atoms with van der Waals surface area (Å²) in [7, 11) is 0. The molecule has 0 fully saturated rings. The van der Waals surface area contributed by atoms with Gasteiger partial charge in [0.25, 0.3) is 0 Å². The number of carbonyl (C=O) groups is 2. The number of phenolic OH excluding ortho intramolecular Hbond substituents is 1. The van der Waals surface area contributed by atoms with Crippen LogP contribution >= 0.6 is 0 Å². The first-order valence-corrected chi connectivity index (χ1v) is 5.36. The molecule has 0 radical (unpaired) electrons. The van der Waals surface area contributed by atoms with Crippen LogP contribution < -0.4 is 0 Å². The minimum absolute atomic E-state index is 0.139. The van der Waals surface area contributed by atoms with Crippen LogP contribution in [0.15, 0.2) is 18.2 Å². The molecule has 0 aliphatic carbocycles. The van der Waals surface area contributed by atoms with Crippen molar-refractivity contribution in [2.75, 3.05) is 6.54 Å². The van der Waals surface area contributed by atoms with Gasteiger partial charge in [0.15, 0.2) is 6.04 Å². The van der Waals surface area contributed by atoms with Crippen molar-refractivity contribution in [3.63, 3.8) is 0 Å². The molecule has 0 aromatic heterocycles. The number of hydrogen-bond donors (Lipinski definition) is 2. The third kappa shape index (κ3) is 2.77. The second-order valence-electron chi connectivity index (χ2n) is 3.75. The average molecular weight is 255 g/mol. The molecule has 1 atom stereocenters. The van der Waals surface area contributed by atoms with Crippen LogP contribution in [0.3, 0.4) is 0 Å². The van der Waals surface area contributed by atoms with E-state index >= 15 is 0 Å². The van der Waals surface area contributed by atoms with Crippen LogP contribution in [0.5, 0.6) is 5.75 Å². The van der Waals surface area contributed by atoms with Crippen LogP contribution in [0, 0.1) is 5.82 Å². The van der Waals surface area contributed by atoms with Crippen molar-refractivity contribution in [2.45, 2.75) is 19.9 Å². The van der Waals surface area contributed by atoms with E-state index in [1.165, 1.54) is 6.92 Å².